The molecule has 0 fully saturated rings. The van der Waals surface area contributed by atoms with Gasteiger partial charge in [0.1, 0.15) is 5.04 Å². The number of carbonyl (C=O) groups is 1. The van der Waals surface area contributed by atoms with Crippen molar-refractivity contribution in [2.24, 2.45) is 10.2 Å². The van der Waals surface area contributed by atoms with Gasteiger partial charge in [-0.05, 0) is 29.7 Å². The molecule has 2 aromatic rings. The van der Waals surface area contributed by atoms with Gasteiger partial charge in [0.25, 0.3) is 0 Å². The molecule has 1 amide bonds. The molecule has 0 aliphatic carbocycles. The van der Waals surface area contributed by atoms with E-state index in [1.54, 1.807) is 12.5 Å². The summed E-state index contributed by atoms with van der Waals surface area (Å²) < 4.78 is 5.05. The molecule has 6 heteroatoms. The molecule has 124 valence electrons. The molecule has 1 aliphatic heterocycles. The molecule has 0 saturated carbocycles. The zero-order valence-electron chi connectivity index (χ0n) is 13.7. The van der Waals surface area contributed by atoms with Crippen LogP contribution in [0.5, 0.6) is 0 Å². The lowest BCUT2D eigenvalue weighted by Crippen LogP contribution is -2.15. The lowest BCUT2D eigenvalue weighted by molar-refractivity contribution is -0.113. The molecule has 5 nitrogen and oxygen atoms in total. The minimum Gasteiger partial charge on any atom is -0.472 e. The number of thioether (sulfide) groups is 1. The number of anilines is 1. The predicted molar refractivity (Wildman–Crippen MR) is 98.9 cm³/mol. The van der Waals surface area contributed by atoms with Crippen LogP contribution in [0, 0.1) is 0 Å². The average Bonchev–Trinajstić information content (AvgIpc) is 3.25. The first kappa shape index (κ1) is 16.5. The summed E-state index contributed by atoms with van der Waals surface area (Å²) in [6, 6.07) is 9.81. The van der Waals surface area contributed by atoms with Gasteiger partial charge >= 0.3 is 0 Å². The monoisotopic (exact) mass is 341 g/mol. The Morgan fingerprint density at radius 2 is 2.04 bits per heavy atom. The number of benzene rings is 1. The summed E-state index contributed by atoms with van der Waals surface area (Å²) in [4.78, 5) is 12.1. The Morgan fingerprint density at radius 1 is 1.25 bits per heavy atom. The van der Waals surface area contributed by atoms with Crippen molar-refractivity contribution in [3.63, 3.8) is 0 Å². The second kappa shape index (κ2) is 7.49. The van der Waals surface area contributed by atoms with Gasteiger partial charge in [-0.1, -0.05) is 37.7 Å². The lowest BCUT2D eigenvalue weighted by atomic mass is 10.0. The van der Waals surface area contributed by atoms with Crippen LogP contribution in [-0.2, 0) is 4.79 Å². The van der Waals surface area contributed by atoms with Gasteiger partial charge in [-0.15, -0.1) is 5.10 Å². The molecule has 0 unspecified atom stereocenters. The van der Waals surface area contributed by atoms with Crippen molar-refractivity contribution in [1.82, 2.24) is 0 Å². The number of hydrogen-bond donors (Lipinski definition) is 1. The summed E-state index contributed by atoms with van der Waals surface area (Å²) in [5, 5.41) is 12.0. The molecule has 24 heavy (non-hydrogen) atoms. The Morgan fingerprint density at radius 3 is 2.71 bits per heavy atom. The van der Waals surface area contributed by atoms with Crippen LogP contribution in [0.4, 0.5) is 5.69 Å². The molecule has 0 bridgehead atoms. The van der Waals surface area contributed by atoms with Gasteiger partial charge < -0.3 is 9.73 Å². The standard InChI is InChI=1S/C18H19N3O2S/c1-12(2)13-3-5-15(6-4-13)19-17(22)11-24-18-9-16(20-21-18)14-7-8-23-10-14/h3-8,10,12H,9,11H2,1-2H3,(H,19,22). The summed E-state index contributed by atoms with van der Waals surface area (Å²) in [6.45, 7) is 4.29. The predicted octanol–water partition coefficient (Wildman–Crippen LogP) is 4.28. The van der Waals surface area contributed by atoms with Crippen molar-refractivity contribution >= 4 is 34.1 Å². The highest BCUT2D eigenvalue weighted by atomic mass is 32.2. The highest BCUT2D eigenvalue weighted by Crippen LogP contribution is 2.20. The lowest BCUT2D eigenvalue weighted by Gasteiger charge is -2.08. The summed E-state index contributed by atoms with van der Waals surface area (Å²) in [5.74, 6) is 0.755. The number of nitrogens with zero attached hydrogens (tertiary/aromatic N) is 2. The largest absolute Gasteiger partial charge is 0.472 e. The molecule has 0 radical (unpaired) electrons. The molecule has 0 atom stereocenters. The van der Waals surface area contributed by atoms with Gasteiger partial charge in [-0.3, -0.25) is 4.79 Å². The fourth-order valence-corrected chi connectivity index (χ4v) is 3.00. The molecule has 1 N–H and O–H groups in total. The Hall–Kier alpha value is -2.34. The van der Waals surface area contributed by atoms with Crippen LogP contribution >= 0.6 is 11.8 Å². The maximum absolute atomic E-state index is 12.1. The SMILES string of the molecule is CC(C)c1ccc(NC(=O)CSC2=NN=C(c3ccoc3)C2)cc1. The maximum atomic E-state index is 12.1. The molecule has 1 aliphatic rings. The van der Waals surface area contributed by atoms with Gasteiger partial charge in [0, 0.05) is 17.7 Å². The quantitative estimate of drug-likeness (QED) is 0.882. The van der Waals surface area contributed by atoms with Gasteiger partial charge in [0.2, 0.25) is 5.91 Å². The van der Waals surface area contributed by atoms with Crippen molar-refractivity contribution in [1.29, 1.82) is 0 Å². The molecule has 2 heterocycles. The molecule has 0 saturated heterocycles. The Labute approximate surface area is 145 Å². The number of furan rings is 1. The van der Waals surface area contributed by atoms with Crippen LogP contribution in [0.3, 0.4) is 0 Å². The molecular formula is C18H19N3O2S. The van der Waals surface area contributed by atoms with Crippen LogP contribution in [0.2, 0.25) is 0 Å². The van der Waals surface area contributed by atoms with E-state index in [4.69, 9.17) is 4.42 Å². The van der Waals surface area contributed by atoms with Gasteiger partial charge in [-0.2, -0.15) is 5.10 Å². The number of rotatable bonds is 5. The van der Waals surface area contributed by atoms with Crippen molar-refractivity contribution in [2.45, 2.75) is 26.2 Å². The highest BCUT2D eigenvalue weighted by Gasteiger charge is 2.17. The Kier molecular flexibility index (Phi) is 5.15. The second-order valence-electron chi connectivity index (χ2n) is 5.84. The third kappa shape index (κ3) is 4.14. The summed E-state index contributed by atoms with van der Waals surface area (Å²) in [5.41, 5.74) is 3.88. The van der Waals surface area contributed by atoms with Crippen LogP contribution in [0.25, 0.3) is 0 Å². The fraction of sp³-hybridized carbons (Fsp3) is 0.278. The van der Waals surface area contributed by atoms with E-state index in [2.05, 4.69) is 29.4 Å². The fourth-order valence-electron chi connectivity index (χ4n) is 2.30. The minimum absolute atomic E-state index is 0.0447. The van der Waals surface area contributed by atoms with E-state index in [1.807, 2.05) is 30.3 Å². The van der Waals surface area contributed by atoms with Crippen LogP contribution in [0.1, 0.15) is 37.3 Å². The molecule has 1 aromatic heterocycles. The molecule has 3 rings (SSSR count). The first-order valence-electron chi connectivity index (χ1n) is 7.80. The van der Waals surface area contributed by atoms with E-state index in [9.17, 15) is 4.79 Å². The Balaban J connectivity index is 1.45. The number of hydrogen-bond acceptors (Lipinski definition) is 5. The van der Waals surface area contributed by atoms with Gasteiger partial charge in [-0.25, -0.2) is 0 Å². The summed E-state index contributed by atoms with van der Waals surface area (Å²) >= 11 is 1.41. The first-order chi connectivity index (χ1) is 11.6. The zero-order valence-corrected chi connectivity index (χ0v) is 14.5. The number of nitrogens with one attached hydrogen (secondary N) is 1. The third-order valence-electron chi connectivity index (χ3n) is 3.69. The Bertz CT molecular complexity index is 762. The van der Waals surface area contributed by atoms with E-state index in [0.29, 0.717) is 18.1 Å². The van der Waals surface area contributed by atoms with E-state index < -0.39 is 0 Å². The molecular weight excluding hydrogens is 322 g/mol. The van der Waals surface area contributed by atoms with E-state index in [-0.39, 0.29) is 5.91 Å². The number of amides is 1. The summed E-state index contributed by atoms with van der Waals surface area (Å²) in [7, 11) is 0. The highest BCUT2D eigenvalue weighted by molar-refractivity contribution is 8.14. The normalized spacial score (nSPS) is 13.8. The van der Waals surface area contributed by atoms with Crippen LogP contribution in [0.15, 0.2) is 57.5 Å². The number of carbonyl (C=O) groups excluding carboxylic acids is 1. The van der Waals surface area contributed by atoms with Crippen molar-refractivity contribution in [3.8, 4) is 0 Å². The first-order valence-corrected chi connectivity index (χ1v) is 8.79. The van der Waals surface area contributed by atoms with Gasteiger partial charge in [0.15, 0.2) is 0 Å². The third-order valence-corrected chi connectivity index (χ3v) is 4.65. The van der Waals surface area contributed by atoms with Crippen molar-refractivity contribution in [2.75, 3.05) is 11.1 Å². The summed E-state index contributed by atoms with van der Waals surface area (Å²) in [6.07, 6.45) is 3.90. The van der Waals surface area contributed by atoms with Crippen LogP contribution in [-0.4, -0.2) is 22.4 Å². The smallest absolute Gasteiger partial charge is 0.234 e. The van der Waals surface area contributed by atoms with Gasteiger partial charge in [0.05, 0.1) is 24.0 Å². The van der Waals surface area contributed by atoms with Crippen molar-refractivity contribution < 1.29 is 9.21 Å². The zero-order chi connectivity index (χ0) is 16.9. The maximum Gasteiger partial charge on any atom is 0.234 e. The van der Waals surface area contributed by atoms with Crippen molar-refractivity contribution in [3.05, 3.63) is 54.0 Å². The minimum atomic E-state index is -0.0447. The van der Waals surface area contributed by atoms with Crippen LogP contribution < -0.4 is 5.32 Å². The second-order valence-corrected chi connectivity index (χ2v) is 6.89. The molecule has 0 spiro atoms. The molecule has 1 aromatic carbocycles. The van der Waals surface area contributed by atoms with E-state index in [1.165, 1.54) is 17.3 Å². The average molecular weight is 341 g/mol. The van der Waals surface area contributed by atoms with E-state index in [0.717, 1.165) is 22.0 Å². The van der Waals surface area contributed by atoms with E-state index >= 15 is 0 Å². The topological polar surface area (TPSA) is 67.0 Å².